The first kappa shape index (κ1) is 13.0. The SMILES string of the molecule is CCCCCCCCC(CC)NC. The lowest BCUT2D eigenvalue weighted by atomic mass is 10.0. The van der Waals surface area contributed by atoms with Crippen LogP contribution in [0.2, 0.25) is 0 Å². The molecule has 80 valence electrons. The molecule has 0 aromatic heterocycles. The van der Waals surface area contributed by atoms with Crippen LogP contribution in [0.3, 0.4) is 0 Å². The number of hydrogen-bond acceptors (Lipinski definition) is 1. The van der Waals surface area contributed by atoms with Gasteiger partial charge in [0.05, 0.1) is 0 Å². The van der Waals surface area contributed by atoms with Crippen molar-refractivity contribution in [3.05, 3.63) is 0 Å². The minimum atomic E-state index is 0.756. The summed E-state index contributed by atoms with van der Waals surface area (Å²) in [5.41, 5.74) is 0. The second-order valence-corrected chi connectivity index (χ2v) is 3.95. The first-order chi connectivity index (χ1) is 6.35. The maximum atomic E-state index is 3.35. The van der Waals surface area contributed by atoms with E-state index in [2.05, 4.69) is 26.2 Å². The van der Waals surface area contributed by atoms with Crippen LogP contribution < -0.4 is 5.32 Å². The standard InChI is InChI=1S/C12H27N/c1-4-6-7-8-9-10-11-12(5-2)13-3/h12-13H,4-11H2,1-3H3. The molecule has 0 aliphatic rings. The third kappa shape index (κ3) is 8.29. The number of unbranched alkanes of at least 4 members (excludes halogenated alkanes) is 5. The molecule has 1 unspecified atom stereocenters. The van der Waals surface area contributed by atoms with Gasteiger partial charge in [-0.2, -0.15) is 0 Å². The predicted molar refractivity (Wildman–Crippen MR) is 61.1 cm³/mol. The van der Waals surface area contributed by atoms with Gasteiger partial charge in [0.25, 0.3) is 0 Å². The van der Waals surface area contributed by atoms with E-state index in [1.54, 1.807) is 0 Å². The molecule has 0 aromatic rings. The van der Waals surface area contributed by atoms with E-state index in [1.165, 1.54) is 51.4 Å². The van der Waals surface area contributed by atoms with Gasteiger partial charge in [0.1, 0.15) is 0 Å². The molecule has 13 heavy (non-hydrogen) atoms. The molecule has 1 atom stereocenters. The van der Waals surface area contributed by atoms with Crippen molar-refractivity contribution in [2.45, 2.75) is 71.3 Å². The molecule has 0 radical (unpaired) electrons. The van der Waals surface area contributed by atoms with E-state index in [0.29, 0.717) is 0 Å². The van der Waals surface area contributed by atoms with Gasteiger partial charge in [-0.15, -0.1) is 0 Å². The minimum Gasteiger partial charge on any atom is -0.317 e. The molecule has 0 amide bonds. The fourth-order valence-electron chi connectivity index (χ4n) is 1.72. The van der Waals surface area contributed by atoms with E-state index in [9.17, 15) is 0 Å². The van der Waals surface area contributed by atoms with Crippen molar-refractivity contribution < 1.29 is 0 Å². The largest absolute Gasteiger partial charge is 0.317 e. The van der Waals surface area contributed by atoms with Crippen LogP contribution >= 0.6 is 0 Å². The summed E-state index contributed by atoms with van der Waals surface area (Å²) in [4.78, 5) is 0. The molecule has 0 aliphatic heterocycles. The Morgan fingerprint density at radius 1 is 0.923 bits per heavy atom. The Hall–Kier alpha value is -0.0400. The van der Waals surface area contributed by atoms with E-state index in [0.717, 1.165) is 6.04 Å². The highest BCUT2D eigenvalue weighted by atomic mass is 14.9. The molecular weight excluding hydrogens is 158 g/mol. The van der Waals surface area contributed by atoms with Gasteiger partial charge in [-0.1, -0.05) is 52.4 Å². The molecule has 0 rings (SSSR count). The normalized spacial score (nSPS) is 13.2. The van der Waals surface area contributed by atoms with Gasteiger partial charge in [0, 0.05) is 6.04 Å². The molecule has 0 saturated heterocycles. The van der Waals surface area contributed by atoms with Gasteiger partial charge < -0.3 is 5.32 Å². The summed E-state index contributed by atoms with van der Waals surface area (Å²) in [6, 6.07) is 0.756. The van der Waals surface area contributed by atoms with Crippen LogP contribution in [0.25, 0.3) is 0 Å². The molecule has 1 nitrogen and oxygen atoms in total. The van der Waals surface area contributed by atoms with Crippen LogP contribution in [0.5, 0.6) is 0 Å². The van der Waals surface area contributed by atoms with Gasteiger partial charge in [0.15, 0.2) is 0 Å². The highest BCUT2D eigenvalue weighted by Crippen LogP contribution is 2.09. The summed E-state index contributed by atoms with van der Waals surface area (Å²) < 4.78 is 0. The Morgan fingerprint density at radius 2 is 1.54 bits per heavy atom. The van der Waals surface area contributed by atoms with E-state index < -0.39 is 0 Å². The molecule has 0 saturated carbocycles. The Morgan fingerprint density at radius 3 is 2.08 bits per heavy atom. The van der Waals surface area contributed by atoms with Crippen molar-refractivity contribution in [2.75, 3.05) is 7.05 Å². The molecule has 1 N–H and O–H groups in total. The molecule has 0 aromatic carbocycles. The van der Waals surface area contributed by atoms with Crippen LogP contribution in [-0.4, -0.2) is 13.1 Å². The first-order valence-corrected chi connectivity index (χ1v) is 6.02. The Labute approximate surface area is 84.3 Å². The van der Waals surface area contributed by atoms with Crippen molar-refractivity contribution in [1.82, 2.24) is 5.32 Å². The summed E-state index contributed by atoms with van der Waals surface area (Å²) in [7, 11) is 2.07. The molecule has 0 heterocycles. The average Bonchev–Trinajstić information content (AvgIpc) is 2.17. The lowest BCUT2D eigenvalue weighted by molar-refractivity contribution is 0.472. The van der Waals surface area contributed by atoms with Gasteiger partial charge in [-0.3, -0.25) is 0 Å². The number of rotatable bonds is 9. The van der Waals surface area contributed by atoms with Crippen molar-refractivity contribution in [3.8, 4) is 0 Å². The Bertz CT molecular complexity index is 87.1. The molecule has 0 bridgehead atoms. The second kappa shape index (κ2) is 10.0. The van der Waals surface area contributed by atoms with Crippen molar-refractivity contribution in [1.29, 1.82) is 0 Å². The lowest BCUT2D eigenvalue weighted by Crippen LogP contribution is -2.23. The predicted octanol–water partition coefficient (Wildman–Crippen LogP) is 3.74. The summed E-state index contributed by atoms with van der Waals surface area (Å²) in [5, 5.41) is 3.35. The number of hydrogen-bond donors (Lipinski definition) is 1. The van der Waals surface area contributed by atoms with Gasteiger partial charge >= 0.3 is 0 Å². The van der Waals surface area contributed by atoms with Crippen molar-refractivity contribution >= 4 is 0 Å². The Kier molecular flexibility index (Phi) is 10.0. The lowest BCUT2D eigenvalue weighted by Gasteiger charge is -2.12. The molecule has 0 fully saturated rings. The van der Waals surface area contributed by atoms with Crippen LogP contribution in [0.4, 0.5) is 0 Å². The third-order valence-corrected chi connectivity index (χ3v) is 2.81. The molecule has 1 heteroatoms. The van der Waals surface area contributed by atoms with Gasteiger partial charge in [-0.25, -0.2) is 0 Å². The van der Waals surface area contributed by atoms with Gasteiger partial charge in [0.2, 0.25) is 0 Å². The maximum absolute atomic E-state index is 3.35. The summed E-state index contributed by atoms with van der Waals surface area (Å²) in [6.45, 7) is 4.53. The zero-order chi connectivity index (χ0) is 9.94. The summed E-state index contributed by atoms with van der Waals surface area (Å²) >= 11 is 0. The van der Waals surface area contributed by atoms with Crippen molar-refractivity contribution in [3.63, 3.8) is 0 Å². The zero-order valence-electron chi connectivity index (χ0n) is 9.73. The third-order valence-electron chi connectivity index (χ3n) is 2.81. The zero-order valence-corrected chi connectivity index (χ0v) is 9.73. The average molecular weight is 185 g/mol. The van der Waals surface area contributed by atoms with E-state index >= 15 is 0 Å². The highest BCUT2D eigenvalue weighted by Gasteiger charge is 2.01. The summed E-state index contributed by atoms with van der Waals surface area (Å²) in [5.74, 6) is 0. The Balaban J connectivity index is 3.05. The van der Waals surface area contributed by atoms with Crippen LogP contribution in [-0.2, 0) is 0 Å². The second-order valence-electron chi connectivity index (χ2n) is 3.95. The van der Waals surface area contributed by atoms with Crippen molar-refractivity contribution in [2.24, 2.45) is 0 Å². The van der Waals surface area contributed by atoms with Crippen LogP contribution in [0, 0.1) is 0 Å². The molecule has 0 spiro atoms. The molecular formula is C12H27N. The van der Waals surface area contributed by atoms with E-state index in [-0.39, 0.29) is 0 Å². The monoisotopic (exact) mass is 185 g/mol. The van der Waals surface area contributed by atoms with Crippen LogP contribution in [0.1, 0.15) is 65.2 Å². The number of nitrogens with one attached hydrogen (secondary N) is 1. The van der Waals surface area contributed by atoms with E-state index in [4.69, 9.17) is 0 Å². The fraction of sp³-hybridized carbons (Fsp3) is 1.00. The maximum Gasteiger partial charge on any atom is 0.00614 e. The highest BCUT2D eigenvalue weighted by molar-refractivity contribution is 4.61. The van der Waals surface area contributed by atoms with E-state index in [1.807, 2.05) is 0 Å². The first-order valence-electron chi connectivity index (χ1n) is 6.02. The minimum absolute atomic E-state index is 0.756. The quantitative estimate of drug-likeness (QED) is 0.540. The van der Waals surface area contributed by atoms with Gasteiger partial charge in [-0.05, 0) is 19.9 Å². The fourth-order valence-corrected chi connectivity index (χ4v) is 1.72. The van der Waals surface area contributed by atoms with Crippen LogP contribution in [0.15, 0.2) is 0 Å². The topological polar surface area (TPSA) is 12.0 Å². The molecule has 0 aliphatic carbocycles. The summed E-state index contributed by atoms with van der Waals surface area (Å²) in [6.07, 6.45) is 11.1. The smallest absolute Gasteiger partial charge is 0.00614 e.